The average Bonchev–Trinajstić information content (AvgIpc) is 2.86. The van der Waals surface area contributed by atoms with Crippen molar-refractivity contribution in [1.82, 2.24) is 0 Å². The number of hydrogen-bond donors (Lipinski definition) is 1. The molecule has 0 saturated heterocycles. The second-order valence-corrected chi connectivity index (χ2v) is 5.75. The number of nitrogens with two attached hydrogens (primary N) is 1. The lowest BCUT2D eigenvalue weighted by atomic mass is 10.0. The number of rotatable bonds is 1. The molecule has 0 radical (unpaired) electrons. The zero-order valence-electron chi connectivity index (χ0n) is 12.8. The highest BCUT2D eigenvalue weighted by Gasteiger charge is 2.17. The van der Waals surface area contributed by atoms with Crippen molar-refractivity contribution in [1.29, 1.82) is 0 Å². The van der Waals surface area contributed by atoms with Gasteiger partial charge in [0, 0.05) is 22.4 Å². The Morgan fingerprint density at radius 3 is 2.39 bits per heavy atom. The number of para-hydroxylation sites is 1. The highest BCUT2D eigenvalue weighted by molar-refractivity contribution is 6.03. The standard InChI is InChI=1S/C19H15NO3/c1-10-7-13-14(9-17(21)22-16(13)8-11(10)2)19-18(20)12-5-3-4-6-15(12)23-19/h3-9H,20H2,1-2H3. The van der Waals surface area contributed by atoms with Gasteiger partial charge in [-0.2, -0.15) is 0 Å². The van der Waals surface area contributed by atoms with E-state index in [9.17, 15) is 4.79 Å². The van der Waals surface area contributed by atoms with Crippen molar-refractivity contribution < 1.29 is 8.83 Å². The number of benzene rings is 2. The summed E-state index contributed by atoms with van der Waals surface area (Å²) in [4.78, 5) is 12.0. The van der Waals surface area contributed by atoms with Crippen LogP contribution in [0.25, 0.3) is 33.3 Å². The fourth-order valence-corrected chi connectivity index (χ4v) is 2.87. The molecule has 4 nitrogen and oxygen atoms in total. The molecule has 0 unspecified atom stereocenters. The van der Waals surface area contributed by atoms with Crippen molar-refractivity contribution in [2.75, 3.05) is 5.73 Å². The van der Waals surface area contributed by atoms with Gasteiger partial charge in [0.25, 0.3) is 0 Å². The van der Waals surface area contributed by atoms with Gasteiger partial charge in [-0.1, -0.05) is 12.1 Å². The molecule has 4 rings (SSSR count). The van der Waals surface area contributed by atoms with Crippen molar-refractivity contribution >= 4 is 27.6 Å². The van der Waals surface area contributed by atoms with Crippen LogP contribution in [0.5, 0.6) is 0 Å². The molecule has 4 aromatic rings. The van der Waals surface area contributed by atoms with Crippen molar-refractivity contribution in [3.8, 4) is 11.3 Å². The van der Waals surface area contributed by atoms with Crippen molar-refractivity contribution in [3.05, 3.63) is 64.0 Å². The Labute approximate surface area is 132 Å². The molecule has 0 fully saturated rings. The lowest BCUT2D eigenvalue weighted by molar-refractivity contribution is 0.559. The van der Waals surface area contributed by atoms with Gasteiger partial charge >= 0.3 is 5.63 Å². The molecule has 0 aliphatic carbocycles. The van der Waals surface area contributed by atoms with Gasteiger partial charge in [0.2, 0.25) is 0 Å². The molecule has 0 bridgehead atoms. The Morgan fingerprint density at radius 2 is 1.61 bits per heavy atom. The first-order valence-corrected chi connectivity index (χ1v) is 7.37. The molecule has 2 heterocycles. The lowest BCUT2D eigenvalue weighted by Gasteiger charge is -2.07. The Hall–Kier alpha value is -3.01. The van der Waals surface area contributed by atoms with E-state index in [0.29, 0.717) is 28.2 Å². The van der Waals surface area contributed by atoms with Crippen LogP contribution in [-0.2, 0) is 0 Å². The highest BCUT2D eigenvalue weighted by Crippen LogP contribution is 2.38. The number of fused-ring (bicyclic) bond motifs is 2. The van der Waals surface area contributed by atoms with E-state index in [-0.39, 0.29) is 0 Å². The second kappa shape index (κ2) is 4.74. The van der Waals surface area contributed by atoms with Crippen LogP contribution in [0.3, 0.4) is 0 Å². The van der Waals surface area contributed by atoms with Crippen LogP contribution < -0.4 is 11.4 Å². The Bertz CT molecular complexity index is 1120. The van der Waals surface area contributed by atoms with E-state index < -0.39 is 5.63 Å². The third kappa shape index (κ3) is 2.03. The van der Waals surface area contributed by atoms with Gasteiger partial charge in [0.15, 0.2) is 5.76 Å². The van der Waals surface area contributed by atoms with Crippen LogP contribution in [0.4, 0.5) is 5.69 Å². The number of furan rings is 1. The monoisotopic (exact) mass is 305 g/mol. The Balaban J connectivity index is 2.13. The van der Waals surface area contributed by atoms with Gasteiger partial charge < -0.3 is 14.6 Å². The SMILES string of the molecule is Cc1cc2oc(=O)cc(-c3oc4ccccc4c3N)c2cc1C. The van der Waals surface area contributed by atoms with Gasteiger partial charge in [0.05, 0.1) is 5.69 Å². The van der Waals surface area contributed by atoms with Crippen molar-refractivity contribution in [2.24, 2.45) is 0 Å². The molecular formula is C19H15NO3. The van der Waals surface area contributed by atoms with Crippen LogP contribution in [0, 0.1) is 13.8 Å². The summed E-state index contributed by atoms with van der Waals surface area (Å²) in [7, 11) is 0. The summed E-state index contributed by atoms with van der Waals surface area (Å²) < 4.78 is 11.2. The normalized spacial score (nSPS) is 11.4. The molecule has 0 saturated carbocycles. The minimum atomic E-state index is -0.421. The molecule has 0 aliphatic rings. The van der Waals surface area contributed by atoms with E-state index in [1.165, 1.54) is 6.07 Å². The maximum absolute atomic E-state index is 12.0. The molecule has 0 aliphatic heterocycles. The van der Waals surface area contributed by atoms with E-state index in [1.54, 1.807) is 0 Å². The van der Waals surface area contributed by atoms with Crippen LogP contribution >= 0.6 is 0 Å². The van der Waals surface area contributed by atoms with E-state index in [0.717, 1.165) is 21.9 Å². The zero-order valence-corrected chi connectivity index (χ0v) is 12.8. The van der Waals surface area contributed by atoms with Gasteiger partial charge in [-0.25, -0.2) is 4.79 Å². The van der Waals surface area contributed by atoms with Crippen LogP contribution in [0.15, 0.2) is 56.1 Å². The van der Waals surface area contributed by atoms with Crippen molar-refractivity contribution in [3.63, 3.8) is 0 Å². The third-order valence-electron chi connectivity index (χ3n) is 4.24. The Kier molecular flexibility index (Phi) is 2.81. The topological polar surface area (TPSA) is 69.4 Å². The molecule has 0 atom stereocenters. The van der Waals surface area contributed by atoms with Crippen LogP contribution in [0.1, 0.15) is 11.1 Å². The molecule has 114 valence electrons. The quantitative estimate of drug-likeness (QED) is 0.529. The molecule has 23 heavy (non-hydrogen) atoms. The second-order valence-electron chi connectivity index (χ2n) is 5.75. The number of nitrogen functional groups attached to an aromatic ring is 1. The average molecular weight is 305 g/mol. The molecule has 0 amide bonds. The van der Waals surface area contributed by atoms with Crippen LogP contribution in [-0.4, -0.2) is 0 Å². The van der Waals surface area contributed by atoms with Crippen molar-refractivity contribution in [2.45, 2.75) is 13.8 Å². The summed E-state index contributed by atoms with van der Waals surface area (Å²) in [6, 6.07) is 12.9. The largest absolute Gasteiger partial charge is 0.454 e. The molecule has 4 heteroatoms. The smallest absolute Gasteiger partial charge is 0.336 e. The van der Waals surface area contributed by atoms with Crippen LogP contribution in [0.2, 0.25) is 0 Å². The lowest BCUT2D eigenvalue weighted by Crippen LogP contribution is -1.99. The summed E-state index contributed by atoms with van der Waals surface area (Å²) in [5.41, 5.74) is 10.4. The predicted octanol–water partition coefficient (Wildman–Crippen LogP) is 4.41. The van der Waals surface area contributed by atoms with E-state index in [2.05, 4.69) is 0 Å². The molecule has 2 aromatic carbocycles. The van der Waals surface area contributed by atoms with Gasteiger partial charge in [0.1, 0.15) is 11.2 Å². The number of aryl methyl sites for hydroxylation is 2. The van der Waals surface area contributed by atoms with E-state index >= 15 is 0 Å². The summed E-state index contributed by atoms with van der Waals surface area (Å²) in [5.74, 6) is 0.507. The fraction of sp³-hybridized carbons (Fsp3) is 0.105. The maximum Gasteiger partial charge on any atom is 0.336 e. The minimum absolute atomic E-state index is 0.421. The maximum atomic E-state index is 12.0. The molecule has 2 aromatic heterocycles. The van der Waals surface area contributed by atoms with E-state index in [1.807, 2.05) is 50.2 Å². The summed E-state index contributed by atoms with van der Waals surface area (Å²) in [6.45, 7) is 4.00. The summed E-state index contributed by atoms with van der Waals surface area (Å²) in [6.07, 6.45) is 0. The van der Waals surface area contributed by atoms with Gasteiger partial charge in [-0.15, -0.1) is 0 Å². The molecular weight excluding hydrogens is 290 g/mol. The number of anilines is 1. The zero-order chi connectivity index (χ0) is 16.1. The predicted molar refractivity (Wildman–Crippen MR) is 91.6 cm³/mol. The fourth-order valence-electron chi connectivity index (χ4n) is 2.87. The first-order valence-electron chi connectivity index (χ1n) is 7.37. The van der Waals surface area contributed by atoms with Gasteiger partial charge in [-0.05, 0) is 49.2 Å². The minimum Gasteiger partial charge on any atom is -0.454 e. The highest BCUT2D eigenvalue weighted by atomic mass is 16.4. The first kappa shape index (κ1) is 13.6. The molecule has 2 N–H and O–H groups in total. The number of hydrogen-bond acceptors (Lipinski definition) is 4. The molecule has 0 spiro atoms. The summed E-state index contributed by atoms with van der Waals surface area (Å²) in [5, 5.41) is 1.66. The first-order chi connectivity index (χ1) is 11.0. The Morgan fingerprint density at radius 1 is 0.870 bits per heavy atom. The third-order valence-corrected chi connectivity index (χ3v) is 4.24. The van der Waals surface area contributed by atoms with E-state index in [4.69, 9.17) is 14.6 Å². The van der Waals surface area contributed by atoms with Gasteiger partial charge in [-0.3, -0.25) is 0 Å². The summed E-state index contributed by atoms with van der Waals surface area (Å²) >= 11 is 0.